The molecule has 0 heterocycles. The van der Waals surface area contributed by atoms with Crippen LogP contribution in [-0.2, 0) is 16.2 Å². The largest absolute Gasteiger partial charge is 0.310 e. The Balaban J connectivity index is 1.14. The number of fused-ring (bicyclic) bond motifs is 9. The lowest BCUT2D eigenvalue weighted by Crippen LogP contribution is -2.18. The van der Waals surface area contributed by atoms with E-state index in [1.54, 1.807) is 0 Å². The third kappa shape index (κ3) is 5.50. The molecule has 0 N–H and O–H groups in total. The van der Waals surface area contributed by atoms with Crippen molar-refractivity contribution in [3.8, 4) is 66.8 Å². The predicted molar refractivity (Wildman–Crippen MR) is 270 cm³/mol. The maximum absolute atomic E-state index is 2.53. The van der Waals surface area contributed by atoms with Gasteiger partial charge in [-0.3, -0.25) is 0 Å². The number of anilines is 3. The van der Waals surface area contributed by atoms with Crippen molar-refractivity contribution in [1.29, 1.82) is 0 Å². The zero-order valence-corrected chi connectivity index (χ0v) is 37.5. The summed E-state index contributed by atoms with van der Waals surface area (Å²) in [4.78, 5) is 2.53. The third-order valence-electron chi connectivity index (χ3n) is 15.1. The first-order chi connectivity index (χ1) is 31.0. The SMILES string of the molecule is CC1(C)c2ccccc2-c2ccc(-c3c(-c4cccc5c4C(C)(C)c4ccccc4-5)cccc3N(c3ccc(-c4ccccc4)cc3)c3ccc4c(c3)C(C)(C)c3ccccc3-4)cc21. The molecule has 1 heteroatoms. The molecular formula is C63H51N. The molecule has 0 unspecified atom stereocenters. The summed E-state index contributed by atoms with van der Waals surface area (Å²) in [6.45, 7) is 14.4. The van der Waals surface area contributed by atoms with Gasteiger partial charge in [0.2, 0.25) is 0 Å². The van der Waals surface area contributed by atoms with Crippen LogP contribution in [0.1, 0.15) is 74.9 Å². The molecule has 9 aromatic rings. The van der Waals surface area contributed by atoms with E-state index in [-0.39, 0.29) is 16.2 Å². The van der Waals surface area contributed by atoms with Gasteiger partial charge >= 0.3 is 0 Å². The average Bonchev–Trinajstić information content (AvgIpc) is 3.81. The first kappa shape index (κ1) is 38.5. The van der Waals surface area contributed by atoms with E-state index in [4.69, 9.17) is 0 Å². The number of rotatable bonds is 6. The monoisotopic (exact) mass is 821 g/mol. The predicted octanol–water partition coefficient (Wildman–Crippen LogP) is 17.1. The normalized spacial score (nSPS) is 15.1. The first-order valence-corrected chi connectivity index (χ1v) is 22.8. The molecule has 0 fully saturated rings. The lowest BCUT2D eigenvalue weighted by atomic mass is 9.77. The molecule has 0 spiro atoms. The van der Waals surface area contributed by atoms with Crippen LogP contribution in [0.4, 0.5) is 17.1 Å². The standard InChI is InChI=1S/C63H51N/c1-61(2)53-26-13-10-20-45(53)48-36-32-42(38-56(48)61)59-50(52-25-16-24-51-47-22-12-15-28-55(47)63(5,6)60(51)52)23-17-29-58(59)64(43-33-30-41(31-34-43)40-18-8-7-9-19-40)44-35-37-49-46-21-11-14-27-54(46)62(3,4)57(49)39-44/h7-39H,1-6H3. The van der Waals surface area contributed by atoms with Gasteiger partial charge in [-0.05, 0) is 131 Å². The second-order valence-electron chi connectivity index (χ2n) is 19.7. The highest BCUT2D eigenvalue weighted by Gasteiger charge is 2.40. The van der Waals surface area contributed by atoms with Crippen molar-refractivity contribution in [2.45, 2.75) is 57.8 Å². The van der Waals surface area contributed by atoms with Crippen LogP contribution < -0.4 is 4.90 Å². The van der Waals surface area contributed by atoms with Crippen LogP contribution in [0.2, 0.25) is 0 Å². The molecule has 1 nitrogen and oxygen atoms in total. The minimum atomic E-state index is -0.190. The van der Waals surface area contributed by atoms with Gasteiger partial charge in [-0.2, -0.15) is 0 Å². The molecule has 64 heavy (non-hydrogen) atoms. The van der Waals surface area contributed by atoms with E-state index in [0.29, 0.717) is 0 Å². The van der Waals surface area contributed by atoms with Gasteiger partial charge in [0.25, 0.3) is 0 Å². The topological polar surface area (TPSA) is 3.24 Å². The molecule has 0 atom stereocenters. The summed E-state index contributed by atoms with van der Waals surface area (Å²) in [5, 5.41) is 0. The Kier molecular flexibility index (Phi) is 8.35. The smallest absolute Gasteiger partial charge is 0.0546 e. The molecule has 3 aliphatic carbocycles. The van der Waals surface area contributed by atoms with Crippen LogP contribution >= 0.6 is 0 Å². The lowest BCUT2D eigenvalue weighted by molar-refractivity contribution is 0.660. The van der Waals surface area contributed by atoms with E-state index in [9.17, 15) is 0 Å². The van der Waals surface area contributed by atoms with E-state index in [1.807, 2.05) is 0 Å². The number of hydrogen-bond donors (Lipinski definition) is 0. The Bertz CT molecular complexity index is 3340. The number of nitrogens with zero attached hydrogens (tertiary/aromatic N) is 1. The molecule has 0 aliphatic heterocycles. The van der Waals surface area contributed by atoms with Crippen molar-refractivity contribution in [3.05, 3.63) is 234 Å². The van der Waals surface area contributed by atoms with Crippen LogP contribution in [0.3, 0.4) is 0 Å². The Labute approximate surface area is 378 Å². The van der Waals surface area contributed by atoms with E-state index in [1.165, 1.54) is 100 Å². The minimum absolute atomic E-state index is 0.151. The maximum Gasteiger partial charge on any atom is 0.0546 e. The fraction of sp³-hybridized carbons (Fsp3) is 0.143. The molecule has 0 bridgehead atoms. The van der Waals surface area contributed by atoms with Gasteiger partial charge in [-0.1, -0.05) is 205 Å². The zero-order valence-electron chi connectivity index (χ0n) is 37.5. The van der Waals surface area contributed by atoms with Crippen LogP contribution in [0.25, 0.3) is 66.8 Å². The van der Waals surface area contributed by atoms with Crippen LogP contribution in [0.5, 0.6) is 0 Å². The maximum atomic E-state index is 2.53. The van der Waals surface area contributed by atoms with Crippen molar-refractivity contribution in [2.24, 2.45) is 0 Å². The van der Waals surface area contributed by atoms with Gasteiger partial charge in [0.05, 0.1) is 5.69 Å². The summed E-state index contributed by atoms with van der Waals surface area (Å²) >= 11 is 0. The summed E-state index contributed by atoms with van der Waals surface area (Å²) in [5.41, 5.74) is 26.5. The highest BCUT2D eigenvalue weighted by molar-refractivity contribution is 6.01. The lowest BCUT2D eigenvalue weighted by Gasteiger charge is -2.32. The quantitative estimate of drug-likeness (QED) is 0.161. The van der Waals surface area contributed by atoms with Gasteiger partial charge in [0.15, 0.2) is 0 Å². The zero-order chi connectivity index (χ0) is 43.5. The summed E-state index contributed by atoms with van der Waals surface area (Å²) in [6, 6.07) is 75.3. The van der Waals surface area contributed by atoms with Gasteiger partial charge in [-0.15, -0.1) is 0 Å². The minimum Gasteiger partial charge on any atom is -0.310 e. The molecule has 12 rings (SSSR count). The summed E-state index contributed by atoms with van der Waals surface area (Å²) in [5.74, 6) is 0. The second kappa shape index (κ2) is 13.9. The molecule has 0 radical (unpaired) electrons. The fourth-order valence-corrected chi connectivity index (χ4v) is 11.9. The summed E-state index contributed by atoms with van der Waals surface area (Å²) in [6.07, 6.45) is 0. The molecular weight excluding hydrogens is 771 g/mol. The van der Waals surface area contributed by atoms with Gasteiger partial charge < -0.3 is 4.90 Å². The summed E-state index contributed by atoms with van der Waals surface area (Å²) in [7, 11) is 0. The van der Waals surface area contributed by atoms with E-state index in [2.05, 4.69) is 247 Å². The van der Waals surface area contributed by atoms with Crippen LogP contribution in [0, 0.1) is 0 Å². The van der Waals surface area contributed by atoms with E-state index >= 15 is 0 Å². The highest BCUT2D eigenvalue weighted by atomic mass is 15.1. The van der Waals surface area contributed by atoms with Crippen molar-refractivity contribution in [3.63, 3.8) is 0 Å². The second-order valence-corrected chi connectivity index (χ2v) is 19.7. The van der Waals surface area contributed by atoms with Crippen molar-refractivity contribution < 1.29 is 0 Å². The Hall–Kier alpha value is -7.22. The first-order valence-electron chi connectivity index (χ1n) is 22.8. The number of benzene rings is 9. The Morgan fingerprint density at radius 1 is 0.281 bits per heavy atom. The average molecular weight is 822 g/mol. The van der Waals surface area contributed by atoms with Crippen LogP contribution in [-0.4, -0.2) is 0 Å². The van der Waals surface area contributed by atoms with Crippen molar-refractivity contribution >= 4 is 17.1 Å². The molecule has 3 aliphatic rings. The molecule has 9 aromatic carbocycles. The van der Waals surface area contributed by atoms with E-state index in [0.717, 1.165) is 17.1 Å². The number of hydrogen-bond acceptors (Lipinski definition) is 1. The Morgan fingerprint density at radius 2 is 0.703 bits per heavy atom. The Morgan fingerprint density at radius 3 is 1.34 bits per heavy atom. The van der Waals surface area contributed by atoms with Crippen LogP contribution in [0.15, 0.2) is 200 Å². The molecule has 0 saturated heterocycles. The van der Waals surface area contributed by atoms with Gasteiger partial charge in [-0.25, -0.2) is 0 Å². The molecule has 0 saturated carbocycles. The fourth-order valence-electron chi connectivity index (χ4n) is 11.9. The summed E-state index contributed by atoms with van der Waals surface area (Å²) < 4.78 is 0. The third-order valence-corrected chi connectivity index (χ3v) is 15.1. The molecule has 0 aromatic heterocycles. The van der Waals surface area contributed by atoms with Crippen molar-refractivity contribution in [2.75, 3.05) is 4.90 Å². The molecule has 0 amide bonds. The van der Waals surface area contributed by atoms with E-state index < -0.39 is 0 Å². The molecule has 308 valence electrons. The van der Waals surface area contributed by atoms with Gasteiger partial charge in [0, 0.05) is 33.2 Å². The van der Waals surface area contributed by atoms with Gasteiger partial charge in [0.1, 0.15) is 0 Å². The van der Waals surface area contributed by atoms with Crippen molar-refractivity contribution in [1.82, 2.24) is 0 Å². The highest BCUT2D eigenvalue weighted by Crippen LogP contribution is 2.57.